The van der Waals surface area contributed by atoms with Crippen LogP contribution >= 0.6 is 0 Å². The van der Waals surface area contributed by atoms with E-state index in [-0.39, 0.29) is 0 Å². The molecule has 0 aliphatic rings. The lowest BCUT2D eigenvalue weighted by molar-refractivity contribution is 0.316. The van der Waals surface area contributed by atoms with Crippen LogP contribution in [0, 0.1) is 0 Å². The minimum Gasteiger partial charge on any atom is -0.409 e. The van der Waals surface area contributed by atoms with Gasteiger partial charge in [-0.1, -0.05) is 95.6 Å². The molecule has 0 saturated carbocycles. The van der Waals surface area contributed by atoms with Crippen molar-refractivity contribution in [3.05, 3.63) is 0 Å². The van der Waals surface area contributed by atoms with Crippen molar-refractivity contribution in [2.75, 3.05) is 13.1 Å². The summed E-state index contributed by atoms with van der Waals surface area (Å²) in [6.07, 6.45) is 20.2. The molecule has 0 amide bonds. The second-order valence-corrected chi connectivity index (χ2v) is 6.69. The van der Waals surface area contributed by atoms with Crippen LogP contribution in [0.2, 0.25) is 0 Å². The Balaban J connectivity index is 3.00. The number of hydrogen-bond acceptors (Lipinski definition) is 3. The number of oxime groups is 1. The average Bonchev–Trinajstić information content (AvgIpc) is 2.57. The number of nitrogens with two attached hydrogens (primary N) is 1. The second-order valence-electron chi connectivity index (χ2n) is 6.69. The first-order valence-electron chi connectivity index (χ1n) is 9.98. The topological polar surface area (TPSA) is 70.6 Å². The van der Waals surface area contributed by atoms with Gasteiger partial charge in [-0.2, -0.15) is 0 Å². The normalized spacial score (nSPS) is 12.0. The molecule has 0 fully saturated rings. The van der Waals surface area contributed by atoms with Crippen molar-refractivity contribution in [3.8, 4) is 0 Å². The molecule has 4 nitrogen and oxygen atoms in total. The lowest BCUT2D eigenvalue weighted by Gasteiger charge is -2.05. The van der Waals surface area contributed by atoms with Crippen LogP contribution in [0.25, 0.3) is 0 Å². The maximum atomic E-state index is 8.40. The van der Waals surface area contributed by atoms with Crippen molar-refractivity contribution in [1.29, 1.82) is 0 Å². The molecular formula is C19H41N3O. The van der Waals surface area contributed by atoms with Crippen LogP contribution in [0.1, 0.15) is 103 Å². The zero-order chi connectivity index (χ0) is 17.0. The fourth-order valence-electron chi connectivity index (χ4n) is 2.84. The van der Waals surface area contributed by atoms with E-state index in [2.05, 4.69) is 17.4 Å². The first-order chi connectivity index (χ1) is 11.3. The number of nitrogens with zero attached hydrogens (tertiary/aromatic N) is 1. The van der Waals surface area contributed by atoms with Crippen LogP contribution in [0.15, 0.2) is 5.16 Å². The molecule has 23 heavy (non-hydrogen) atoms. The highest BCUT2D eigenvalue weighted by Crippen LogP contribution is 2.12. The van der Waals surface area contributed by atoms with Crippen molar-refractivity contribution in [2.45, 2.75) is 103 Å². The molecule has 0 aromatic rings. The summed E-state index contributed by atoms with van der Waals surface area (Å²) in [6.45, 7) is 4.12. The third-order valence-corrected chi connectivity index (χ3v) is 4.39. The summed E-state index contributed by atoms with van der Waals surface area (Å²) < 4.78 is 0. The molecule has 0 aliphatic heterocycles. The Labute approximate surface area is 144 Å². The van der Waals surface area contributed by atoms with Gasteiger partial charge in [0.25, 0.3) is 0 Å². The van der Waals surface area contributed by atoms with Gasteiger partial charge in [-0.25, -0.2) is 0 Å². The zero-order valence-electron chi connectivity index (χ0n) is 15.5. The molecule has 4 N–H and O–H groups in total. The highest BCUT2D eigenvalue weighted by Gasteiger charge is 1.95. The summed E-state index contributed by atoms with van der Waals surface area (Å²) in [5, 5.41) is 14.7. The summed E-state index contributed by atoms with van der Waals surface area (Å²) in [4.78, 5) is 0. The van der Waals surface area contributed by atoms with Crippen molar-refractivity contribution in [3.63, 3.8) is 0 Å². The molecular weight excluding hydrogens is 286 g/mol. The van der Waals surface area contributed by atoms with Gasteiger partial charge in [0.15, 0.2) is 0 Å². The minimum absolute atomic E-state index is 0.304. The number of hydrogen-bond donors (Lipinski definition) is 3. The number of unbranched alkanes of at least 4 members (excludes halogenated alkanes) is 13. The summed E-state index contributed by atoms with van der Waals surface area (Å²) in [5.41, 5.74) is 5.40. The van der Waals surface area contributed by atoms with Gasteiger partial charge in [0, 0.05) is 13.0 Å². The zero-order valence-corrected chi connectivity index (χ0v) is 15.5. The van der Waals surface area contributed by atoms with Crippen molar-refractivity contribution < 1.29 is 5.21 Å². The molecule has 0 aliphatic carbocycles. The third kappa shape index (κ3) is 19.2. The van der Waals surface area contributed by atoms with Gasteiger partial charge >= 0.3 is 0 Å². The largest absolute Gasteiger partial charge is 0.409 e. The highest BCUT2D eigenvalue weighted by atomic mass is 16.4. The summed E-state index contributed by atoms with van der Waals surface area (Å²) in [6, 6.07) is 0. The Morgan fingerprint density at radius 2 is 1.17 bits per heavy atom. The van der Waals surface area contributed by atoms with E-state index in [9.17, 15) is 0 Å². The van der Waals surface area contributed by atoms with Crippen LogP contribution in [0.5, 0.6) is 0 Å². The smallest absolute Gasteiger partial charge is 0.140 e. The number of rotatable bonds is 18. The number of nitrogens with one attached hydrogen (secondary N) is 1. The quantitative estimate of drug-likeness (QED) is 0.107. The molecule has 0 aromatic carbocycles. The van der Waals surface area contributed by atoms with E-state index in [0.717, 1.165) is 13.1 Å². The van der Waals surface area contributed by atoms with Gasteiger partial charge < -0.3 is 16.3 Å². The Bertz CT molecular complexity index is 257. The van der Waals surface area contributed by atoms with Crippen LogP contribution in [0.4, 0.5) is 0 Å². The Kier molecular flexibility index (Phi) is 18.6. The molecule has 138 valence electrons. The van der Waals surface area contributed by atoms with Gasteiger partial charge in [-0.3, -0.25) is 0 Å². The molecule has 4 heteroatoms. The van der Waals surface area contributed by atoms with Crippen molar-refractivity contribution >= 4 is 5.84 Å². The number of amidine groups is 1. The molecule has 0 bridgehead atoms. The summed E-state index contributed by atoms with van der Waals surface area (Å²) >= 11 is 0. The fourth-order valence-corrected chi connectivity index (χ4v) is 2.84. The molecule has 0 rings (SSSR count). The van der Waals surface area contributed by atoms with E-state index < -0.39 is 0 Å². The predicted molar refractivity (Wildman–Crippen MR) is 101 cm³/mol. The van der Waals surface area contributed by atoms with E-state index in [1.165, 1.54) is 89.9 Å². The third-order valence-electron chi connectivity index (χ3n) is 4.39. The highest BCUT2D eigenvalue weighted by molar-refractivity contribution is 5.79. The summed E-state index contributed by atoms with van der Waals surface area (Å²) in [7, 11) is 0. The van der Waals surface area contributed by atoms with Crippen molar-refractivity contribution in [2.24, 2.45) is 10.9 Å². The molecule has 0 atom stereocenters. The Hall–Kier alpha value is -0.770. The standard InChI is InChI=1S/C19H41N3O/c1-2-3-4-5-6-7-8-9-10-11-12-13-14-15-17-21-18-16-19(20)22-23/h21,23H,2-18H2,1H3,(H2,20,22). The van der Waals surface area contributed by atoms with Crippen LogP contribution < -0.4 is 11.1 Å². The SMILES string of the molecule is CCCCCCCCCCCCCCCCNCC/C(N)=N/O. The Morgan fingerprint density at radius 1 is 0.739 bits per heavy atom. The van der Waals surface area contributed by atoms with Gasteiger partial charge in [-0.05, 0) is 13.0 Å². The van der Waals surface area contributed by atoms with E-state index in [1.807, 2.05) is 0 Å². The van der Waals surface area contributed by atoms with Gasteiger partial charge in [-0.15, -0.1) is 0 Å². The molecule has 0 heterocycles. The fraction of sp³-hybridized carbons (Fsp3) is 0.947. The second kappa shape index (κ2) is 19.3. The molecule has 0 unspecified atom stereocenters. The van der Waals surface area contributed by atoms with E-state index >= 15 is 0 Å². The van der Waals surface area contributed by atoms with Crippen LogP contribution in [0.3, 0.4) is 0 Å². The van der Waals surface area contributed by atoms with E-state index in [4.69, 9.17) is 10.9 Å². The monoisotopic (exact) mass is 327 g/mol. The van der Waals surface area contributed by atoms with Crippen LogP contribution in [-0.4, -0.2) is 24.1 Å². The van der Waals surface area contributed by atoms with Crippen molar-refractivity contribution in [1.82, 2.24) is 5.32 Å². The lowest BCUT2D eigenvalue weighted by Crippen LogP contribution is -2.23. The molecule has 0 radical (unpaired) electrons. The molecule has 0 spiro atoms. The average molecular weight is 328 g/mol. The first kappa shape index (κ1) is 22.2. The molecule has 0 saturated heterocycles. The van der Waals surface area contributed by atoms with Gasteiger partial charge in [0.2, 0.25) is 0 Å². The molecule has 0 aromatic heterocycles. The maximum Gasteiger partial charge on any atom is 0.140 e. The van der Waals surface area contributed by atoms with E-state index in [0.29, 0.717) is 12.3 Å². The predicted octanol–water partition coefficient (Wildman–Crippen LogP) is 5.19. The van der Waals surface area contributed by atoms with Gasteiger partial charge in [0.1, 0.15) is 5.84 Å². The first-order valence-corrected chi connectivity index (χ1v) is 9.98. The van der Waals surface area contributed by atoms with Crippen LogP contribution in [-0.2, 0) is 0 Å². The summed E-state index contributed by atoms with van der Waals surface area (Å²) in [5.74, 6) is 0.304. The van der Waals surface area contributed by atoms with E-state index in [1.54, 1.807) is 0 Å². The lowest BCUT2D eigenvalue weighted by atomic mass is 10.0. The van der Waals surface area contributed by atoms with Gasteiger partial charge in [0.05, 0.1) is 0 Å². The minimum atomic E-state index is 0.304. The Morgan fingerprint density at radius 3 is 1.61 bits per heavy atom. The maximum absolute atomic E-state index is 8.40.